The zero-order valence-electron chi connectivity index (χ0n) is 11.8. The highest BCUT2D eigenvalue weighted by atomic mass is 35.5. The van der Waals surface area contributed by atoms with Crippen LogP contribution in [-0.2, 0) is 13.6 Å². The molecule has 112 valence electrons. The Labute approximate surface area is 129 Å². The van der Waals surface area contributed by atoms with Crippen molar-refractivity contribution in [3.05, 3.63) is 65.2 Å². The number of hydrogen-bond donors (Lipinski definition) is 1. The van der Waals surface area contributed by atoms with E-state index in [2.05, 4.69) is 5.32 Å². The molecule has 2 aromatic rings. The molecule has 0 unspecified atom stereocenters. The van der Waals surface area contributed by atoms with Gasteiger partial charge in [-0.1, -0.05) is 41.9 Å². The highest BCUT2D eigenvalue weighted by molar-refractivity contribution is 7.54. The number of anilines is 1. The minimum atomic E-state index is -3.35. The van der Waals surface area contributed by atoms with E-state index < -0.39 is 13.4 Å². The van der Waals surface area contributed by atoms with Crippen molar-refractivity contribution in [2.24, 2.45) is 0 Å². The summed E-state index contributed by atoms with van der Waals surface area (Å²) in [5.41, 5.74) is 1.60. The Bertz CT molecular complexity index is 611. The van der Waals surface area contributed by atoms with Crippen LogP contribution >= 0.6 is 19.2 Å². The summed E-state index contributed by atoms with van der Waals surface area (Å²) < 4.78 is 23.1. The van der Waals surface area contributed by atoms with Crippen LogP contribution in [0.2, 0.25) is 5.02 Å². The van der Waals surface area contributed by atoms with Crippen LogP contribution in [0.1, 0.15) is 11.3 Å². The van der Waals surface area contributed by atoms with E-state index in [1.54, 1.807) is 24.3 Å². The monoisotopic (exact) mass is 325 g/mol. The fraction of sp³-hybridized carbons (Fsp3) is 0.200. The standard InChI is InChI=1S/C15H17ClNO3P/c1-19-21(18,20-2)15(12-8-10-13(16)11-9-12)17-14-6-4-3-5-7-14/h3-11,15,17H,1-2H3/t15-/m1/s1. The van der Waals surface area contributed by atoms with Gasteiger partial charge in [-0.3, -0.25) is 4.57 Å². The van der Waals surface area contributed by atoms with Gasteiger partial charge >= 0.3 is 7.60 Å². The Morgan fingerprint density at radius 1 is 1.00 bits per heavy atom. The van der Waals surface area contributed by atoms with Gasteiger partial charge < -0.3 is 14.4 Å². The maximum atomic E-state index is 12.8. The van der Waals surface area contributed by atoms with Crippen LogP contribution in [0.3, 0.4) is 0 Å². The molecule has 0 aromatic heterocycles. The summed E-state index contributed by atoms with van der Waals surface area (Å²) in [6.45, 7) is 0. The van der Waals surface area contributed by atoms with Gasteiger partial charge in [0.25, 0.3) is 0 Å². The minimum absolute atomic E-state index is 0.613. The molecule has 1 atom stereocenters. The fourth-order valence-corrected chi connectivity index (χ4v) is 3.51. The van der Waals surface area contributed by atoms with Crippen molar-refractivity contribution in [1.82, 2.24) is 0 Å². The van der Waals surface area contributed by atoms with Crippen molar-refractivity contribution in [2.75, 3.05) is 19.5 Å². The quantitative estimate of drug-likeness (QED) is 0.764. The average molecular weight is 326 g/mol. The summed E-state index contributed by atoms with van der Waals surface area (Å²) in [7, 11) is -0.598. The Morgan fingerprint density at radius 3 is 2.10 bits per heavy atom. The lowest BCUT2D eigenvalue weighted by Crippen LogP contribution is -2.13. The van der Waals surface area contributed by atoms with Crippen molar-refractivity contribution in [3.8, 4) is 0 Å². The van der Waals surface area contributed by atoms with Gasteiger partial charge in [0.1, 0.15) is 0 Å². The lowest BCUT2D eigenvalue weighted by molar-refractivity contribution is 0.268. The van der Waals surface area contributed by atoms with Gasteiger partial charge in [-0.05, 0) is 29.8 Å². The molecule has 0 aliphatic heterocycles. The SMILES string of the molecule is COP(=O)(OC)[C@@H](Nc1ccccc1)c1ccc(Cl)cc1. The summed E-state index contributed by atoms with van der Waals surface area (Å²) in [6.07, 6.45) is 0. The Hall–Kier alpha value is -1.32. The first-order valence-electron chi connectivity index (χ1n) is 6.37. The number of rotatable bonds is 6. The van der Waals surface area contributed by atoms with E-state index in [1.807, 2.05) is 30.3 Å². The summed E-state index contributed by atoms with van der Waals surface area (Å²) in [5.74, 6) is -0.618. The Kier molecular flexibility index (Phi) is 5.43. The van der Waals surface area contributed by atoms with Crippen molar-refractivity contribution in [1.29, 1.82) is 0 Å². The first-order valence-corrected chi connectivity index (χ1v) is 8.36. The van der Waals surface area contributed by atoms with Crippen LogP contribution in [0.15, 0.2) is 54.6 Å². The molecule has 2 rings (SSSR count). The summed E-state index contributed by atoms with van der Waals surface area (Å²) in [4.78, 5) is 0. The molecule has 6 heteroatoms. The zero-order chi connectivity index (χ0) is 15.3. The van der Waals surface area contributed by atoms with Crippen molar-refractivity contribution in [3.63, 3.8) is 0 Å². The lowest BCUT2D eigenvalue weighted by Gasteiger charge is -2.26. The number of halogens is 1. The molecular formula is C15H17ClNO3P. The van der Waals surface area contributed by atoms with Gasteiger partial charge in [0.2, 0.25) is 0 Å². The second kappa shape index (κ2) is 7.10. The summed E-state index contributed by atoms with van der Waals surface area (Å²) in [5, 5.41) is 3.81. The molecule has 21 heavy (non-hydrogen) atoms. The molecule has 0 bridgehead atoms. The molecule has 0 aliphatic rings. The average Bonchev–Trinajstić information content (AvgIpc) is 2.54. The second-order valence-electron chi connectivity index (χ2n) is 4.37. The first-order chi connectivity index (χ1) is 10.1. The second-order valence-corrected chi connectivity index (χ2v) is 7.13. The Morgan fingerprint density at radius 2 is 1.57 bits per heavy atom. The van der Waals surface area contributed by atoms with Gasteiger partial charge in [0, 0.05) is 24.9 Å². The molecule has 0 aliphatic carbocycles. The van der Waals surface area contributed by atoms with Crippen molar-refractivity contribution in [2.45, 2.75) is 5.78 Å². The molecule has 1 N–H and O–H groups in total. The molecule has 0 fully saturated rings. The van der Waals surface area contributed by atoms with Crippen LogP contribution in [-0.4, -0.2) is 14.2 Å². The van der Waals surface area contributed by atoms with E-state index in [0.717, 1.165) is 11.3 Å². The first kappa shape index (κ1) is 16.1. The molecule has 0 radical (unpaired) electrons. The van der Waals surface area contributed by atoms with Gasteiger partial charge in [-0.25, -0.2) is 0 Å². The van der Waals surface area contributed by atoms with Gasteiger partial charge in [0.15, 0.2) is 5.78 Å². The van der Waals surface area contributed by atoms with Crippen molar-refractivity contribution >= 4 is 24.9 Å². The maximum Gasteiger partial charge on any atom is 0.356 e. The molecule has 0 spiro atoms. The third-order valence-electron chi connectivity index (χ3n) is 3.09. The van der Waals surface area contributed by atoms with Crippen LogP contribution in [0, 0.1) is 0 Å². The molecule has 4 nitrogen and oxygen atoms in total. The van der Waals surface area contributed by atoms with E-state index in [1.165, 1.54) is 14.2 Å². The lowest BCUT2D eigenvalue weighted by atomic mass is 10.2. The van der Waals surface area contributed by atoms with Gasteiger partial charge in [-0.2, -0.15) is 0 Å². The highest BCUT2D eigenvalue weighted by Crippen LogP contribution is 2.59. The van der Waals surface area contributed by atoms with E-state index in [9.17, 15) is 4.57 Å². The van der Waals surface area contributed by atoms with Crippen LogP contribution in [0.25, 0.3) is 0 Å². The number of nitrogens with one attached hydrogen (secondary N) is 1. The zero-order valence-corrected chi connectivity index (χ0v) is 13.5. The molecule has 0 amide bonds. The summed E-state index contributed by atoms with van der Waals surface area (Å²) in [6, 6.07) is 16.6. The smallest absolute Gasteiger partial charge is 0.356 e. The Balaban J connectivity index is 2.39. The van der Waals surface area contributed by atoms with Gasteiger partial charge in [0.05, 0.1) is 0 Å². The normalized spacial score (nSPS) is 12.9. The minimum Gasteiger partial charge on any atom is -0.368 e. The molecule has 0 saturated heterocycles. The molecule has 2 aromatic carbocycles. The molecular weight excluding hydrogens is 309 g/mol. The fourth-order valence-electron chi connectivity index (χ4n) is 1.97. The third-order valence-corrected chi connectivity index (χ3v) is 5.42. The van der Waals surface area contributed by atoms with Crippen LogP contribution < -0.4 is 5.32 Å². The topological polar surface area (TPSA) is 47.6 Å². The predicted octanol–water partition coefficient (Wildman–Crippen LogP) is 4.94. The van der Waals surface area contributed by atoms with Crippen LogP contribution in [0.4, 0.5) is 5.69 Å². The molecule has 0 heterocycles. The van der Waals surface area contributed by atoms with Gasteiger partial charge in [-0.15, -0.1) is 0 Å². The number of hydrogen-bond acceptors (Lipinski definition) is 4. The summed E-state index contributed by atoms with van der Waals surface area (Å²) >= 11 is 5.91. The largest absolute Gasteiger partial charge is 0.368 e. The van der Waals surface area contributed by atoms with E-state index in [4.69, 9.17) is 20.6 Å². The number of para-hydroxylation sites is 1. The number of benzene rings is 2. The van der Waals surface area contributed by atoms with E-state index in [0.29, 0.717) is 5.02 Å². The maximum absolute atomic E-state index is 12.8. The van der Waals surface area contributed by atoms with Crippen LogP contribution in [0.5, 0.6) is 0 Å². The van der Waals surface area contributed by atoms with E-state index >= 15 is 0 Å². The molecule has 0 saturated carbocycles. The van der Waals surface area contributed by atoms with Crippen molar-refractivity contribution < 1.29 is 13.6 Å². The van der Waals surface area contributed by atoms with E-state index in [-0.39, 0.29) is 0 Å². The third kappa shape index (κ3) is 3.86. The highest BCUT2D eigenvalue weighted by Gasteiger charge is 2.35. The predicted molar refractivity (Wildman–Crippen MR) is 85.9 cm³/mol.